The minimum atomic E-state index is -0.982. The second-order valence-corrected chi connectivity index (χ2v) is 10.1. The van der Waals surface area contributed by atoms with Gasteiger partial charge in [-0.2, -0.15) is 0 Å². The van der Waals surface area contributed by atoms with Crippen LogP contribution in [0.25, 0.3) is 11.1 Å². The molecule has 41 heavy (non-hydrogen) atoms. The van der Waals surface area contributed by atoms with Gasteiger partial charge >= 0.3 is 5.97 Å². The molecule has 2 amide bonds. The quantitative estimate of drug-likeness (QED) is 0.291. The molecule has 1 heterocycles. The molecular formula is C34H32N2O5. The number of fused-ring (bicyclic) bond motifs is 1. The topological polar surface area (TPSA) is 87.1 Å². The first-order valence-electron chi connectivity index (χ1n) is 13.6. The van der Waals surface area contributed by atoms with Crippen molar-refractivity contribution in [1.29, 1.82) is 0 Å². The van der Waals surface area contributed by atoms with Crippen molar-refractivity contribution in [3.05, 3.63) is 125 Å². The van der Waals surface area contributed by atoms with Crippen LogP contribution in [0.1, 0.15) is 43.8 Å². The van der Waals surface area contributed by atoms with Crippen LogP contribution < -0.4 is 4.74 Å². The predicted molar refractivity (Wildman–Crippen MR) is 157 cm³/mol. The molecular weight excluding hydrogens is 516 g/mol. The number of amides is 2. The van der Waals surface area contributed by atoms with Gasteiger partial charge in [0, 0.05) is 37.3 Å². The summed E-state index contributed by atoms with van der Waals surface area (Å²) in [6, 6.07) is 30.1. The second kappa shape index (κ2) is 12.5. The minimum Gasteiger partial charge on any atom is -0.497 e. The minimum absolute atomic E-state index is 0.0439. The van der Waals surface area contributed by atoms with E-state index < -0.39 is 5.97 Å². The maximum absolute atomic E-state index is 14.0. The number of rotatable bonds is 9. The summed E-state index contributed by atoms with van der Waals surface area (Å²) in [4.78, 5) is 42.7. The van der Waals surface area contributed by atoms with Gasteiger partial charge in [-0.3, -0.25) is 14.4 Å². The van der Waals surface area contributed by atoms with Crippen LogP contribution in [0.2, 0.25) is 0 Å². The SMILES string of the molecule is COc1ccc(CN(CCC(=O)O)C(=O)c2ccccc2-c2ccccc2C(=O)N2CCc3ccccc3C2)cc1. The number of methoxy groups -OCH3 is 1. The fraction of sp³-hybridized carbons (Fsp3) is 0.206. The first-order chi connectivity index (χ1) is 19.9. The molecule has 0 aliphatic carbocycles. The number of hydrogen-bond acceptors (Lipinski definition) is 4. The summed E-state index contributed by atoms with van der Waals surface area (Å²) >= 11 is 0. The molecule has 1 aliphatic rings. The van der Waals surface area contributed by atoms with Crippen molar-refractivity contribution < 1.29 is 24.2 Å². The first kappa shape index (κ1) is 27.6. The first-order valence-corrected chi connectivity index (χ1v) is 13.6. The zero-order valence-electron chi connectivity index (χ0n) is 23.0. The average molecular weight is 549 g/mol. The van der Waals surface area contributed by atoms with E-state index in [1.165, 1.54) is 5.56 Å². The van der Waals surface area contributed by atoms with E-state index in [0.29, 0.717) is 41.1 Å². The van der Waals surface area contributed by atoms with Crippen LogP contribution in [0, 0.1) is 0 Å². The fourth-order valence-corrected chi connectivity index (χ4v) is 5.25. The number of nitrogens with zero attached hydrogens (tertiary/aromatic N) is 2. The number of ether oxygens (including phenoxy) is 1. The second-order valence-electron chi connectivity index (χ2n) is 10.1. The molecule has 0 spiro atoms. The molecule has 4 aromatic rings. The van der Waals surface area contributed by atoms with Crippen LogP contribution in [0.3, 0.4) is 0 Å². The zero-order valence-corrected chi connectivity index (χ0v) is 23.0. The smallest absolute Gasteiger partial charge is 0.305 e. The van der Waals surface area contributed by atoms with E-state index in [4.69, 9.17) is 4.74 Å². The van der Waals surface area contributed by atoms with Gasteiger partial charge in [-0.15, -0.1) is 0 Å². The Labute approximate surface area is 239 Å². The summed E-state index contributed by atoms with van der Waals surface area (Å²) < 4.78 is 5.24. The molecule has 4 aromatic carbocycles. The van der Waals surface area contributed by atoms with Gasteiger partial charge in [-0.25, -0.2) is 0 Å². The zero-order chi connectivity index (χ0) is 28.8. The van der Waals surface area contributed by atoms with Crippen molar-refractivity contribution in [3.8, 4) is 16.9 Å². The van der Waals surface area contributed by atoms with Crippen molar-refractivity contribution in [2.45, 2.75) is 25.9 Å². The summed E-state index contributed by atoms with van der Waals surface area (Å²) in [6.07, 6.45) is 0.610. The molecule has 0 atom stereocenters. The Hall–Kier alpha value is -4.91. The average Bonchev–Trinajstić information content (AvgIpc) is 3.02. The van der Waals surface area contributed by atoms with Gasteiger partial charge in [0.05, 0.1) is 13.5 Å². The maximum Gasteiger partial charge on any atom is 0.305 e. The Bertz CT molecular complexity index is 1560. The van der Waals surface area contributed by atoms with Crippen LogP contribution in [0.5, 0.6) is 5.75 Å². The van der Waals surface area contributed by atoms with Crippen molar-refractivity contribution in [2.75, 3.05) is 20.2 Å². The molecule has 1 aliphatic heterocycles. The summed E-state index contributed by atoms with van der Waals surface area (Å²) in [7, 11) is 1.58. The van der Waals surface area contributed by atoms with Crippen LogP contribution in [-0.2, 0) is 24.3 Å². The molecule has 5 rings (SSSR count). The summed E-state index contributed by atoms with van der Waals surface area (Å²) in [6.45, 7) is 1.44. The lowest BCUT2D eigenvalue weighted by Crippen LogP contribution is -2.36. The van der Waals surface area contributed by atoms with E-state index in [1.54, 1.807) is 30.2 Å². The van der Waals surface area contributed by atoms with Gasteiger partial charge in [-0.1, -0.05) is 72.8 Å². The van der Waals surface area contributed by atoms with Gasteiger partial charge in [0.15, 0.2) is 0 Å². The maximum atomic E-state index is 14.0. The lowest BCUT2D eigenvalue weighted by atomic mass is 9.93. The van der Waals surface area contributed by atoms with Crippen molar-refractivity contribution in [1.82, 2.24) is 9.80 Å². The third-order valence-electron chi connectivity index (χ3n) is 7.44. The van der Waals surface area contributed by atoms with Crippen LogP contribution >= 0.6 is 0 Å². The largest absolute Gasteiger partial charge is 0.497 e. The van der Waals surface area contributed by atoms with Crippen LogP contribution in [-0.4, -0.2) is 52.9 Å². The molecule has 0 saturated heterocycles. The lowest BCUT2D eigenvalue weighted by Gasteiger charge is -2.30. The number of benzene rings is 4. The monoisotopic (exact) mass is 548 g/mol. The summed E-state index contributed by atoms with van der Waals surface area (Å²) in [5, 5.41) is 9.37. The molecule has 0 radical (unpaired) electrons. The van der Waals surface area contributed by atoms with Crippen molar-refractivity contribution >= 4 is 17.8 Å². The number of carboxylic acids is 1. The normalized spacial score (nSPS) is 12.4. The molecule has 1 N–H and O–H groups in total. The van der Waals surface area contributed by atoms with E-state index in [2.05, 4.69) is 12.1 Å². The van der Waals surface area contributed by atoms with Crippen LogP contribution in [0.4, 0.5) is 0 Å². The third-order valence-corrected chi connectivity index (χ3v) is 7.44. The van der Waals surface area contributed by atoms with Gasteiger partial charge < -0.3 is 19.6 Å². The number of carboxylic acid groups (broad SMARTS) is 1. The summed E-state index contributed by atoms with van der Waals surface area (Å²) in [5.41, 5.74) is 5.50. The molecule has 208 valence electrons. The molecule has 0 unspecified atom stereocenters. The highest BCUT2D eigenvalue weighted by molar-refractivity contribution is 6.06. The molecule has 0 aromatic heterocycles. The lowest BCUT2D eigenvalue weighted by molar-refractivity contribution is -0.137. The van der Waals surface area contributed by atoms with Gasteiger partial charge in [0.2, 0.25) is 0 Å². The molecule has 7 heteroatoms. The van der Waals surface area contributed by atoms with Crippen LogP contribution in [0.15, 0.2) is 97.1 Å². The Morgan fingerprint density at radius 1 is 0.805 bits per heavy atom. The van der Waals surface area contributed by atoms with E-state index >= 15 is 0 Å². The molecule has 7 nitrogen and oxygen atoms in total. The molecule has 0 saturated carbocycles. The third kappa shape index (κ3) is 6.30. The van der Waals surface area contributed by atoms with Gasteiger partial charge in [0.25, 0.3) is 11.8 Å². The van der Waals surface area contributed by atoms with E-state index in [9.17, 15) is 19.5 Å². The number of hydrogen-bond donors (Lipinski definition) is 1. The Morgan fingerprint density at radius 2 is 1.41 bits per heavy atom. The number of aliphatic carboxylic acids is 1. The standard InChI is InChI=1S/C34H32N2O5/c1-41-27-16-14-24(15-17-27)22-35(21-19-32(37)38)33(39)30-12-6-4-10-28(30)29-11-5-7-13-31(29)34(40)36-20-18-25-8-2-3-9-26(25)23-36/h2-17H,18-23H2,1H3,(H,37,38). The fourth-order valence-electron chi connectivity index (χ4n) is 5.25. The van der Waals surface area contributed by atoms with E-state index in [1.807, 2.05) is 71.6 Å². The highest BCUT2D eigenvalue weighted by atomic mass is 16.5. The molecule has 0 bridgehead atoms. The highest BCUT2D eigenvalue weighted by Crippen LogP contribution is 2.31. The molecule has 0 fully saturated rings. The highest BCUT2D eigenvalue weighted by Gasteiger charge is 2.26. The Kier molecular flexibility index (Phi) is 8.44. The number of carbonyl (C=O) groups is 3. The summed E-state index contributed by atoms with van der Waals surface area (Å²) in [5.74, 6) is -0.670. The van der Waals surface area contributed by atoms with Gasteiger partial charge in [-0.05, 0) is 58.5 Å². The van der Waals surface area contributed by atoms with Crippen molar-refractivity contribution in [2.24, 2.45) is 0 Å². The van der Waals surface area contributed by atoms with Crippen molar-refractivity contribution in [3.63, 3.8) is 0 Å². The Balaban J connectivity index is 1.46. The predicted octanol–water partition coefficient (Wildman–Crippen LogP) is 5.68. The number of carbonyl (C=O) groups excluding carboxylic acids is 2. The van der Waals surface area contributed by atoms with Gasteiger partial charge in [0.1, 0.15) is 5.75 Å². The Morgan fingerprint density at radius 3 is 2.10 bits per heavy atom. The van der Waals surface area contributed by atoms with E-state index in [0.717, 1.165) is 17.5 Å². The van der Waals surface area contributed by atoms with E-state index in [-0.39, 0.29) is 31.3 Å².